The van der Waals surface area contributed by atoms with Gasteiger partial charge in [-0.1, -0.05) is 69.0 Å². The molecule has 0 aliphatic carbocycles. The molecule has 4 rings (SSSR count). The summed E-state index contributed by atoms with van der Waals surface area (Å²) in [6.45, 7) is 2.30. The first kappa shape index (κ1) is 24.0. The average molecular weight is 560 g/mol. The number of imide groups is 2. The van der Waals surface area contributed by atoms with Crippen molar-refractivity contribution in [2.24, 2.45) is 0 Å². The molecule has 6 nitrogen and oxygen atoms in total. The third-order valence-electron chi connectivity index (χ3n) is 5.05. The number of hydrogen-bond acceptors (Lipinski definition) is 4. The second-order valence-corrected chi connectivity index (χ2v) is 9.24. The van der Waals surface area contributed by atoms with Crippen LogP contribution in [-0.2, 0) is 16.2 Å². The molecule has 172 valence electrons. The standard InChI is InChI=1S/C25H17BrCl2N2O4/c1-14-2-4-15(5-3-14)13-34-22-9-6-17(26)10-16(22)11-19-23(31)29-25(33)30(24(19)32)18-7-8-20(27)21(28)12-18/h2-12H,13H2,1H3,(H,29,31,33)/b19-11+. The number of hydrogen-bond donors (Lipinski definition) is 1. The molecule has 4 amide bonds. The van der Waals surface area contributed by atoms with Crippen molar-refractivity contribution < 1.29 is 19.1 Å². The van der Waals surface area contributed by atoms with Crippen molar-refractivity contribution in [2.45, 2.75) is 13.5 Å². The molecule has 1 fully saturated rings. The van der Waals surface area contributed by atoms with E-state index in [0.717, 1.165) is 20.5 Å². The molecule has 0 atom stereocenters. The molecule has 1 aliphatic heterocycles. The highest BCUT2D eigenvalue weighted by Crippen LogP contribution is 2.31. The lowest BCUT2D eigenvalue weighted by atomic mass is 10.1. The van der Waals surface area contributed by atoms with Crippen molar-refractivity contribution >= 4 is 68.7 Å². The van der Waals surface area contributed by atoms with Gasteiger partial charge in [-0.15, -0.1) is 0 Å². The van der Waals surface area contributed by atoms with E-state index in [1.165, 1.54) is 24.3 Å². The molecule has 0 aromatic heterocycles. The van der Waals surface area contributed by atoms with E-state index < -0.39 is 17.8 Å². The summed E-state index contributed by atoms with van der Waals surface area (Å²) in [6, 6.07) is 16.6. The number of urea groups is 1. The number of carbonyl (C=O) groups is 3. The zero-order valence-electron chi connectivity index (χ0n) is 17.8. The Morgan fingerprint density at radius 2 is 1.71 bits per heavy atom. The minimum atomic E-state index is -0.879. The zero-order chi connectivity index (χ0) is 24.4. The van der Waals surface area contributed by atoms with Crippen molar-refractivity contribution in [3.05, 3.63) is 97.4 Å². The first-order chi connectivity index (χ1) is 16.2. The van der Waals surface area contributed by atoms with Crippen LogP contribution in [0.5, 0.6) is 5.75 Å². The molecule has 3 aromatic rings. The van der Waals surface area contributed by atoms with Crippen molar-refractivity contribution in [2.75, 3.05) is 4.90 Å². The van der Waals surface area contributed by atoms with E-state index in [-0.39, 0.29) is 21.3 Å². The molecule has 3 aromatic carbocycles. The summed E-state index contributed by atoms with van der Waals surface area (Å²) in [5.41, 5.74) is 2.54. The number of barbiturate groups is 1. The maximum Gasteiger partial charge on any atom is 0.335 e. The smallest absolute Gasteiger partial charge is 0.335 e. The van der Waals surface area contributed by atoms with Crippen LogP contribution in [0.4, 0.5) is 10.5 Å². The molecule has 0 unspecified atom stereocenters. The van der Waals surface area contributed by atoms with Crippen LogP contribution in [0, 0.1) is 6.92 Å². The Hall–Kier alpha value is -3.13. The minimum absolute atomic E-state index is 0.168. The van der Waals surface area contributed by atoms with Gasteiger partial charge in [0.1, 0.15) is 17.9 Å². The molecule has 0 bridgehead atoms. The summed E-state index contributed by atoms with van der Waals surface area (Å²) in [6.07, 6.45) is 1.39. The highest BCUT2D eigenvalue weighted by Gasteiger charge is 2.37. The molecule has 1 N–H and O–H groups in total. The summed E-state index contributed by atoms with van der Waals surface area (Å²) in [7, 11) is 0. The third-order valence-corrected chi connectivity index (χ3v) is 6.28. The molecular weight excluding hydrogens is 543 g/mol. The molecule has 1 heterocycles. The maximum atomic E-state index is 13.2. The van der Waals surface area contributed by atoms with Gasteiger partial charge < -0.3 is 4.74 Å². The lowest BCUT2D eigenvalue weighted by molar-refractivity contribution is -0.122. The van der Waals surface area contributed by atoms with E-state index in [2.05, 4.69) is 21.2 Å². The van der Waals surface area contributed by atoms with Gasteiger partial charge >= 0.3 is 6.03 Å². The minimum Gasteiger partial charge on any atom is -0.488 e. The van der Waals surface area contributed by atoms with Crippen molar-refractivity contribution in [1.29, 1.82) is 0 Å². The van der Waals surface area contributed by atoms with Gasteiger partial charge in [-0.3, -0.25) is 14.9 Å². The van der Waals surface area contributed by atoms with E-state index in [1.54, 1.807) is 18.2 Å². The van der Waals surface area contributed by atoms with Gasteiger partial charge in [-0.25, -0.2) is 9.69 Å². The Balaban J connectivity index is 1.67. The van der Waals surface area contributed by atoms with Crippen LogP contribution < -0.4 is 15.0 Å². The van der Waals surface area contributed by atoms with Crippen LogP contribution in [0.3, 0.4) is 0 Å². The molecule has 1 aliphatic rings. The Morgan fingerprint density at radius 1 is 0.971 bits per heavy atom. The molecule has 34 heavy (non-hydrogen) atoms. The van der Waals surface area contributed by atoms with Gasteiger partial charge in [0.25, 0.3) is 11.8 Å². The quantitative estimate of drug-likeness (QED) is 0.293. The fourth-order valence-electron chi connectivity index (χ4n) is 3.28. The summed E-state index contributed by atoms with van der Waals surface area (Å²) in [5.74, 6) is -1.14. The van der Waals surface area contributed by atoms with Gasteiger partial charge in [-0.2, -0.15) is 0 Å². The molecular formula is C25H17BrCl2N2O4. The first-order valence-electron chi connectivity index (χ1n) is 10.1. The SMILES string of the molecule is Cc1ccc(COc2ccc(Br)cc2/C=C2\C(=O)NC(=O)N(c3ccc(Cl)c(Cl)c3)C2=O)cc1. The van der Waals surface area contributed by atoms with Crippen molar-refractivity contribution in [3.8, 4) is 5.75 Å². The summed E-state index contributed by atoms with van der Waals surface area (Å²) >= 11 is 15.4. The predicted octanol–water partition coefficient (Wildman–Crippen LogP) is 6.31. The topological polar surface area (TPSA) is 75.7 Å². The monoisotopic (exact) mass is 558 g/mol. The first-order valence-corrected chi connectivity index (χ1v) is 11.6. The summed E-state index contributed by atoms with van der Waals surface area (Å²) in [5, 5.41) is 2.63. The lowest BCUT2D eigenvalue weighted by Crippen LogP contribution is -2.54. The number of anilines is 1. The number of ether oxygens (including phenoxy) is 1. The second-order valence-electron chi connectivity index (χ2n) is 7.51. The Bertz CT molecular complexity index is 1340. The average Bonchev–Trinajstić information content (AvgIpc) is 2.79. The van der Waals surface area contributed by atoms with E-state index >= 15 is 0 Å². The Labute approximate surface area is 214 Å². The fraction of sp³-hybridized carbons (Fsp3) is 0.0800. The van der Waals surface area contributed by atoms with Gasteiger partial charge in [0.2, 0.25) is 0 Å². The van der Waals surface area contributed by atoms with Gasteiger partial charge in [0, 0.05) is 10.0 Å². The zero-order valence-corrected chi connectivity index (χ0v) is 20.9. The summed E-state index contributed by atoms with van der Waals surface area (Å²) in [4.78, 5) is 39.1. The number of halogens is 3. The van der Waals surface area contributed by atoms with Crippen LogP contribution in [-0.4, -0.2) is 17.8 Å². The predicted molar refractivity (Wildman–Crippen MR) is 135 cm³/mol. The largest absolute Gasteiger partial charge is 0.488 e. The lowest BCUT2D eigenvalue weighted by Gasteiger charge is -2.26. The number of carbonyl (C=O) groups excluding carboxylic acids is 3. The molecule has 9 heteroatoms. The van der Waals surface area contributed by atoms with E-state index in [9.17, 15) is 14.4 Å². The van der Waals surface area contributed by atoms with E-state index in [1.807, 2.05) is 31.2 Å². The van der Waals surface area contributed by atoms with E-state index in [4.69, 9.17) is 27.9 Å². The fourth-order valence-corrected chi connectivity index (χ4v) is 3.95. The molecule has 0 radical (unpaired) electrons. The van der Waals surface area contributed by atoms with Crippen LogP contribution in [0.1, 0.15) is 16.7 Å². The van der Waals surface area contributed by atoms with Crippen LogP contribution in [0.15, 0.2) is 70.7 Å². The molecule has 1 saturated heterocycles. The van der Waals surface area contributed by atoms with E-state index in [0.29, 0.717) is 17.9 Å². The Kier molecular flexibility index (Phi) is 7.07. The number of benzene rings is 3. The van der Waals surface area contributed by atoms with Crippen molar-refractivity contribution in [3.63, 3.8) is 0 Å². The molecule has 0 saturated carbocycles. The number of aryl methyl sites for hydroxylation is 1. The second kappa shape index (κ2) is 10.0. The molecule has 0 spiro atoms. The number of amides is 4. The highest BCUT2D eigenvalue weighted by molar-refractivity contribution is 9.10. The van der Waals surface area contributed by atoms with Gasteiger partial charge in [0.15, 0.2) is 0 Å². The van der Waals surface area contributed by atoms with Crippen LogP contribution in [0.25, 0.3) is 6.08 Å². The Morgan fingerprint density at radius 3 is 2.41 bits per heavy atom. The normalized spacial score (nSPS) is 15.0. The number of nitrogens with one attached hydrogen (secondary N) is 1. The third kappa shape index (κ3) is 5.17. The highest BCUT2D eigenvalue weighted by atomic mass is 79.9. The van der Waals surface area contributed by atoms with Gasteiger partial charge in [-0.05, 0) is 55.0 Å². The number of rotatable bonds is 5. The van der Waals surface area contributed by atoms with Gasteiger partial charge in [0.05, 0.1) is 15.7 Å². The number of nitrogens with zero attached hydrogens (tertiary/aromatic N) is 1. The summed E-state index contributed by atoms with van der Waals surface area (Å²) < 4.78 is 6.70. The van der Waals surface area contributed by atoms with Crippen LogP contribution in [0.2, 0.25) is 10.0 Å². The van der Waals surface area contributed by atoms with Crippen LogP contribution >= 0.6 is 39.1 Å². The maximum absolute atomic E-state index is 13.2. The van der Waals surface area contributed by atoms with Crippen molar-refractivity contribution in [1.82, 2.24) is 5.32 Å².